The molecule has 1 aliphatic heterocycles. The van der Waals surface area contributed by atoms with E-state index in [1.807, 2.05) is 13.8 Å². The predicted molar refractivity (Wildman–Crippen MR) is 76.8 cm³/mol. The van der Waals surface area contributed by atoms with Crippen molar-refractivity contribution in [2.24, 2.45) is 0 Å². The van der Waals surface area contributed by atoms with Gasteiger partial charge in [0.25, 0.3) is 5.91 Å². The van der Waals surface area contributed by atoms with E-state index in [9.17, 15) is 4.79 Å². The quantitative estimate of drug-likeness (QED) is 0.774. The Morgan fingerprint density at radius 2 is 1.86 bits per heavy atom. The van der Waals surface area contributed by atoms with Crippen molar-refractivity contribution in [3.8, 4) is 11.5 Å². The number of ether oxygens (including phenoxy) is 4. The van der Waals surface area contributed by atoms with Gasteiger partial charge in [-0.15, -0.1) is 0 Å². The van der Waals surface area contributed by atoms with Crippen LogP contribution >= 0.6 is 0 Å². The second kappa shape index (κ2) is 7.85. The highest BCUT2D eigenvalue weighted by atomic mass is 16.7. The Morgan fingerprint density at radius 1 is 1.19 bits per heavy atom. The molecule has 1 amide bonds. The maximum atomic E-state index is 12.1. The lowest BCUT2D eigenvalue weighted by atomic mass is 10.2. The van der Waals surface area contributed by atoms with Crippen LogP contribution in [0.3, 0.4) is 0 Å². The minimum Gasteiger partial charge on any atom is -0.486 e. The molecular weight excluding hydrogens is 274 g/mol. The molecule has 116 valence electrons. The Bertz CT molecular complexity index is 471. The predicted octanol–water partition coefficient (Wildman–Crippen LogP) is 1.59. The van der Waals surface area contributed by atoms with E-state index < -0.39 is 6.29 Å². The Morgan fingerprint density at radius 3 is 2.52 bits per heavy atom. The normalized spacial score (nSPS) is 13.3. The highest BCUT2D eigenvalue weighted by Gasteiger charge is 2.16. The fraction of sp³-hybridized carbons (Fsp3) is 0.533. The highest BCUT2D eigenvalue weighted by Crippen LogP contribution is 2.30. The molecule has 0 spiro atoms. The number of amides is 1. The maximum absolute atomic E-state index is 12.1. The van der Waals surface area contributed by atoms with E-state index >= 15 is 0 Å². The van der Waals surface area contributed by atoms with Crippen molar-refractivity contribution in [1.82, 2.24) is 5.32 Å². The van der Waals surface area contributed by atoms with Gasteiger partial charge in [0.05, 0.1) is 6.54 Å². The van der Waals surface area contributed by atoms with Crippen molar-refractivity contribution in [3.05, 3.63) is 23.8 Å². The van der Waals surface area contributed by atoms with Gasteiger partial charge >= 0.3 is 0 Å². The summed E-state index contributed by atoms with van der Waals surface area (Å²) in [6.45, 7) is 6.16. The van der Waals surface area contributed by atoms with Gasteiger partial charge in [0.1, 0.15) is 13.2 Å². The van der Waals surface area contributed by atoms with Gasteiger partial charge < -0.3 is 24.3 Å². The lowest BCUT2D eigenvalue weighted by Crippen LogP contribution is -2.35. The molecule has 2 rings (SSSR count). The fourth-order valence-electron chi connectivity index (χ4n) is 2.00. The Labute approximate surface area is 124 Å². The summed E-state index contributed by atoms with van der Waals surface area (Å²) in [5.41, 5.74) is 0.519. The number of hydrogen-bond acceptors (Lipinski definition) is 5. The standard InChI is InChI=1S/C15H21NO5/c1-3-18-14(19-4-2)10-16-15(17)11-5-6-12-13(9-11)21-8-7-20-12/h5-6,9,14H,3-4,7-8,10H2,1-2H3,(H,16,17). The SMILES string of the molecule is CCOC(CNC(=O)c1ccc2c(c1)OCCO2)OCC. The summed E-state index contributed by atoms with van der Waals surface area (Å²) in [7, 11) is 0. The zero-order valence-corrected chi connectivity index (χ0v) is 12.4. The molecule has 6 nitrogen and oxygen atoms in total. The number of rotatable bonds is 7. The summed E-state index contributed by atoms with van der Waals surface area (Å²) in [6.07, 6.45) is -0.429. The first kappa shape index (κ1) is 15.6. The molecule has 0 fully saturated rings. The molecule has 0 atom stereocenters. The smallest absolute Gasteiger partial charge is 0.251 e. The number of benzene rings is 1. The van der Waals surface area contributed by atoms with Crippen LogP contribution in [0.2, 0.25) is 0 Å². The Balaban J connectivity index is 1.93. The van der Waals surface area contributed by atoms with Gasteiger partial charge in [-0.1, -0.05) is 0 Å². The molecule has 0 aliphatic carbocycles. The number of nitrogens with one attached hydrogen (secondary N) is 1. The van der Waals surface area contributed by atoms with E-state index in [0.29, 0.717) is 50.0 Å². The summed E-state index contributed by atoms with van der Waals surface area (Å²) in [6, 6.07) is 5.13. The molecule has 0 bridgehead atoms. The number of carbonyl (C=O) groups excluding carboxylic acids is 1. The van der Waals surface area contributed by atoms with Crippen molar-refractivity contribution < 1.29 is 23.7 Å². The van der Waals surface area contributed by atoms with Crippen molar-refractivity contribution in [2.45, 2.75) is 20.1 Å². The van der Waals surface area contributed by atoms with Crippen LogP contribution in [0.15, 0.2) is 18.2 Å². The first-order chi connectivity index (χ1) is 10.2. The molecule has 1 aromatic carbocycles. The number of carbonyl (C=O) groups is 1. The van der Waals surface area contributed by atoms with Crippen LogP contribution in [0, 0.1) is 0 Å². The van der Waals surface area contributed by atoms with Gasteiger partial charge in [0, 0.05) is 18.8 Å². The van der Waals surface area contributed by atoms with Gasteiger partial charge in [-0.05, 0) is 32.0 Å². The van der Waals surface area contributed by atoms with E-state index in [1.54, 1.807) is 18.2 Å². The van der Waals surface area contributed by atoms with E-state index in [-0.39, 0.29) is 5.91 Å². The largest absolute Gasteiger partial charge is 0.486 e. The zero-order chi connectivity index (χ0) is 15.1. The molecule has 6 heteroatoms. The van der Waals surface area contributed by atoms with Gasteiger partial charge in [-0.3, -0.25) is 4.79 Å². The van der Waals surface area contributed by atoms with E-state index in [1.165, 1.54) is 0 Å². The number of fused-ring (bicyclic) bond motifs is 1. The molecule has 0 aromatic heterocycles. The van der Waals surface area contributed by atoms with E-state index in [2.05, 4.69) is 5.32 Å². The minimum atomic E-state index is -0.429. The highest BCUT2D eigenvalue weighted by molar-refractivity contribution is 5.94. The molecule has 1 aliphatic rings. The van der Waals surface area contributed by atoms with Crippen LogP contribution < -0.4 is 14.8 Å². The first-order valence-electron chi connectivity index (χ1n) is 7.15. The van der Waals surface area contributed by atoms with Gasteiger partial charge in [0.2, 0.25) is 0 Å². The molecule has 0 radical (unpaired) electrons. The third-order valence-electron chi connectivity index (χ3n) is 2.94. The summed E-state index contributed by atoms with van der Waals surface area (Å²) in [4.78, 5) is 12.1. The Hall–Kier alpha value is -1.79. The van der Waals surface area contributed by atoms with Gasteiger partial charge in [-0.2, -0.15) is 0 Å². The molecule has 21 heavy (non-hydrogen) atoms. The van der Waals surface area contributed by atoms with Crippen LogP contribution in [-0.4, -0.2) is 45.2 Å². The third-order valence-corrected chi connectivity index (χ3v) is 2.94. The molecule has 0 unspecified atom stereocenters. The summed E-state index contributed by atoms with van der Waals surface area (Å²) < 4.78 is 21.6. The van der Waals surface area contributed by atoms with Crippen molar-refractivity contribution >= 4 is 5.91 Å². The van der Waals surface area contributed by atoms with Crippen LogP contribution in [0.5, 0.6) is 11.5 Å². The molecule has 1 heterocycles. The van der Waals surface area contributed by atoms with E-state index in [4.69, 9.17) is 18.9 Å². The maximum Gasteiger partial charge on any atom is 0.251 e. The van der Waals surface area contributed by atoms with Crippen molar-refractivity contribution in [3.63, 3.8) is 0 Å². The second-order valence-electron chi connectivity index (χ2n) is 4.41. The van der Waals surface area contributed by atoms with Crippen LogP contribution in [0.4, 0.5) is 0 Å². The minimum absolute atomic E-state index is 0.198. The summed E-state index contributed by atoms with van der Waals surface area (Å²) in [5, 5.41) is 2.79. The molecular formula is C15H21NO5. The van der Waals surface area contributed by atoms with Crippen molar-refractivity contribution in [2.75, 3.05) is 33.0 Å². The van der Waals surface area contributed by atoms with Gasteiger partial charge in [0.15, 0.2) is 17.8 Å². The lowest BCUT2D eigenvalue weighted by molar-refractivity contribution is -0.131. The third kappa shape index (κ3) is 4.34. The number of hydrogen-bond donors (Lipinski definition) is 1. The van der Waals surface area contributed by atoms with Crippen LogP contribution in [0.1, 0.15) is 24.2 Å². The second-order valence-corrected chi connectivity index (χ2v) is 4.41. The molecule has 0 saturated carbocycles. The molecule has 1 N–H and O–H groups in total. The van der Waals surface area contributed by atoms with Crippen LogP contribution in [-0.2, 0) is 9.47 Å². The summed E-state index contributed by atoms with van der Waals surface area (Å²) in [5.74, 6) is 1.07. The topological polar surface area (TPSA) is 66.0 Å². The molecule has 1 aromatic rings. The summed E-state index contributed by atoms with van der Waals surface area (Å²) >= 11 is 0. The fourth-order valence-corrected chi connectivity index (χ4v) is 2.00. The van der Waals surface area contributed by atoms with Gasteiger partial charge in [-0.25, -0.2) is 0 Å². The van der Waals surface area contributed by atoms with Crippen molar-refractivity contribution in [1.29, 1.82) is 0 Å². The van der Waals surface area contributed by atoms with Crippen LogP contribution in [0.25, 0.3) is 0 Å². The average molecular weight is 295 g/mol. The lowest BCUT2D eigenvalue weighted by Gasteiger charge is -2.19. The molecule has 0 saturated heterocycles. The monoisotopic (exact) mass is 295 g/mol. The average Bonchev–Trinajstić information content (AvgIpc) is 2.52. The Kier molecular flexibility index (Phi) is 5.83. The van der Waals surface area contributed by atoms with E-state index in [0.717, 1.165) is 0 Å². The zero-order valence-electron chi connectivity index (χ0n) is 12.4. The first-order valence-corrected chi connectivity index (χ1v) is 7.15.